The minimum absolute atomic E-state index is 0.176. The summed E-state index contributed by atoms with van der Waals surface area (Å²) in [7, 11) is 0. The molecule has 0 aromatic carbocycles. The number of aromatic nitrogens is 1. The number of hydrogen-bond donors (Lipinski definition) is 1. The van der Waals surface area contributed by atoms with Crippen LogP contribution in [0.5, 0.6) is 5.88 Å². The van der Waals surface area contributed by atoms with E-state index < -0.39 is 6.09 Å². The number of amides is 1. The van der Waals surface area contributed by atoms with Crippen LogP contribution in [0.4, 0.5) is 4.79 Å². The summed E-state index contributed by atoms with van der Waals surface area (Å²) in [6.07, 6.45) is 1.43. The Morgan fingerprint density at radius 2 is 2.50 bits per heavy atom. The summed E-state index contributed by atoms with van der Waals surface area (Å²) in [4.78, 5) is 14.3. The molecule has 0 unspecified atom stereocenters. The quantitative estimate of drug-likeness (QED) is 0.771. The van der Waals surface area contributed by atoms with E-state index in [1.807, 2.05) is 6.07 Å². The third-order valence-corrected chi connectivity index (χ3v) is 1.55. The molecule has 0 aliphatic rings. The van der Waals surface area contributed by atoms with Crippen LogP contribution >= 0.6 is 0 Å². The number of hydrogen-bond acceptors (Lipinski definition) is 4. The second-order valence-corrected chi connectivity index (χ2v) is 2.55. The zero-order chi connectivity index (χ0) is 10.4. The van der Waals surface area contributed by atoms with E-state index in [0.29, 0.717) is 18.4 Å². The Bertz CT molecular complexity index is 371. The number of rotatable bonds is 3. The molecule has 0 bridgehead atoms. The zero-order valence-electron chi connectivity index (χ0n) is 7.43. The average Bonchev–Trinajstić information content (AvgIpc) is 2.16. The molecule has 1 amide bonds. The first-order valence-corrected chi connectivity index (χ1v) is 4.02. The molecule has 1 aromatic heterocycles. The summed E-state index contributed by atoms with van der Waals surface area (Å²) in [5.74, 6) is 0.176. The number of carbonyl (C=O) groups excluding carboxylic acids is 1. The minimum Gasteiger partial charge on any atom is -0.391 e. The monoisotopic (exact) mass is 191 g/mol. The van der Waals surface area contributed by atoms with Crippen LogP contribution in [0.3, 0.4) is 0 Å². The van der Waals surface area contributed by atoms with Crippen molar-refractivity contribution in [1.82, 2.24) is 4.98 Å². The second-order valence-electron chi connectivity index (χ2n) is 2.55. The predicted molar refractivity (Wildman–Crippen MR) is 48.4 cm³/mol. The second kappa shape index (κ2) is 4.82. The smallest absolute Gasteiger partial charge is 0.391 e. The van der Waals surface area contributed by atoms with Crippen molar-refractivity contribution in [3.05, 3.63) is 23.9 Å². The number of aryl methyl sites for hydroxylation is 1. The molecule has 72 valence electrons. The number of pyridine rings is 1. The van der Waals surface area contributed by atoms with Gasteiger partial charge >= 0.3 is 6.09 Å². The third kappa shape index (κ3) is 2.75. The molecule has 1 rings (SSSR count). The lowest BCUT2D eigenvalue weighted by molar-refractivity contribution is 0.208. The van der Waals surface area contributed by atoms with E-state index in [1.54, 1.807) is 12.1 Å². The Morgan fingerprint density at radius 1 is 1.71 bits per heavy atom. The largest absolute Gasteiger partial charge is 0.411 e. The topological polar surface area (TPSA) is 89.0 Å². The van der Waals surface area contributed by atoms with Gasteiger partial charge in [-0.15, -0.1) is 0 Å². The van der Waals surface area contributed by atoms with Gasteiger partial charge in [0.05, 0.1) is 6.07 Å². The van der Waals surface area contributed by atoms with Gasteiger partial charge in [0.1, 0.15) is 0 Å². The SMILES string of the molecule is N#CCCc1cccnc1OC(N)=O. The fourth-order valence-corrected chi connectivity index (χ4v) is 0.992. The molecule has 1 aromatic rings. The number of carbonyl (C=O) groups is 1. The molecule has 0 aliphatic carbocycles. The van der Waals surface area contributed by atoms with Crippen LogP contribution < -0.4 is 10.5 Å². The number of ether oxygens (including phenoxy) is 1. The van der Waals surface area contributed by atoms with Gasteiger partial charge < -0.3 is 10.5 Å². The number of nitrogens with two attached hydrogens (primary N) is 1. The van der Waals surface area contributed by atoms with E-state index >= 15 is 0 Å². The van der Waals surface area contributed by atoms with E-state index in [4.69, 9.17) is 11.0 Å². The summed E-state index contributed by atoms with van der Waals surface area (Å²) in [6, 6.07) is 5.44. The van der Waals surface area contributed by atoms with Gasteiger partial charge in [-0.3, -0.25) is 0 Å². The van der Waals surface area contributed by atoms with Crippen molar-refractivity contribution in [2.24, 2.45) is 5.73 Å². The Labute approximate surface area is 81.1 Å². The van der Waals surface area contributed by atoms with Gasteiger partial charge in [-0.1, -0.05) is 6.07 Å². The fraction of sp³-hybridized carbons (Fsp3) is 0.222. The van der Waals surface area contributed by atoms with Crippen LogP contribution in [0, 0.1) is 11.3 Å². The molecular weight excluding hydrogens is 182 g/mol. The van der Waals surface area contributed by atoms with Crippen LogP contribution in [0.2, 0.25) is 0 Å². The molecule has 2 N–H and O–H groups in total. The highest BCUT2D eigenvalue weighted by Crippen LogP contribution is 2.15. The number of nitrogens with zero attached hydrogens (tertiary/aromatic N) is 2. The van der Waals surface area contributed by atoms with Gasteiger partial charge in [-0.05, 0) is 12.5 Å². The molecule has 14 heavy (non-hydrogen) atoms. The molecule has 5 heteroatoms. The van der Waals surface area contributed by atoms with Crippen molar-refractivity contribution < 1.29 is 9.53 Å². The standard InChI is InChI=1S/C9H9N3O2/c10-5-1-3-7-4-2-6-12-8(7)14-9(11)13/h2,4,6H,1,3H2,(H2,11,13). The van der Waals surface area contributed by atoms with Crippen molar-refractivity contribution in [3.63, 3.8) is 0 Å². The van der Waals surface area contributed by atoms with Crippen LogP contribution in [0.1, 0.15) is 12.0 Å². The van der Waals surface area contributed by atoms with Gasteiger partial charge in [0.15, 0.2) is 0 Å². The predicted octanol–water partition coefficient (Wildman–Crippen LogP) is 0.995. The molecule has 0 aliphatic heterocycles. The maximum absolute atomic E-state index is 10.5. The van der Waals surface area contributed by atoms with Crippen molar-refractivity contribution in [2.75, 3.05) is 0 Å². The zero-order valence-corrected chi connectivity index (χ0v) is 7.43. The molecule has 0 atom stereocenters. The summed E-state index contributed by atoms with van der Waals surface area (Å²) < 4.78 is 4.66. The van der Waals surface area contributed by atoms with Crippen molar-refractivity contribution >= 4 is 6.09 Å². The summed E-state index contributed by atoms with van der Waals surface area (Å²) in [6.45, 7) is 0. The van der Waals surface area contributed by atoms with Crippen LogP contribution in [0.25, 0.3) is 0 Å². The average molecular weight is 191 g/mol. The van der Waals surface area contributed by atoms with Crippen molar-refractivity contribution in [2.45, 2.75) is 12.8 Å². The Kier molecular flexibility index (Phi) is 3.44. The number of primary amides is 1. The molecule has 0 saturated heterocycles. The van der Waals surface area contributed by atoms with Crippen LogP contribution in [0.15, 0.2) is 18.3 Å². The molecule has 0 radical (unpaired) electrons. The van der Waals surface area contributed by atoms with E-state index in [2.05, 4.69) is 9.72 Å². The van der Waals surface area contributed by atoms with Crippen molar-refractivity contribution in [1.29, 1.82) is 5.26 Å². The van der Waals surface area contributed by atoms with Gasteiger partial charge in [0.25, 0.3) is 0 Å². The fourth-order valence-electron chi connectivity index (χ4n) is 0.992. The van der Waals surface area contributed by atoms with E-state index in [1.165, 1.54) is 6.20 Å². The normalized spacial score (nSPS) is 9.07. The van der Waals surface area contributed by atoms with E-state index in [0.717, 1.165) is 0 Å². The first-order chi connectivity index (χ1) is 6.74. The molecule has 1 heterocycles. The molecule has 0 saturated carbocycles. The molecule has 0 spiro atoms. The van der Waals surface area contributed by atoms with Gasteiger partial charge in [0.2, 0.25) is 5.88 Å². The summed E-state index contributed by atoms with van der Waals surface area (Å²) in [5.41, 5.74) is 5.56. The van der Waals surface area contributed by atoms with Gasteiger partial charge in [-0.25, -0.2) is 9.78 Å². The molecule has 5 nitrogen and oxygen atoms in total. The Hall–Kier alpha value is -2.09. The van der Waals surface area contributed by atoms with Gasteiger partial charge in [0, 0.05) is 18.2 Å². The maximum Gasteiger partial charge on any atom is 0.411 e. The highest BCUT2D eigenvalue weighted by molar-refractivity contribution is 5.67. The van der Waals surface area contributed by atoms with E-state index in [-0.39, 0.29) is 5.88 Å². The Balaban J connectivity index is 2.81. The molecule has 0 fully saturated rings. The summed E-state index contributed by atoms with van der Waals surface area (Å²) in [5, 5.41) is 8.40. The highest BCUT2D eigenvalue weighted by Gasteiger charge is 2.06. The van der Waals surface area contributed by atoms with Crippen LogP contribution in [-0.2, 0) is 6.42 Å². The highest BCUT2D eigenvalue weighted by atomic mass is 16.6. The maximum atomic E-state index is 10.5. The third-order valence-electron chi connectivity index (χ3n) is 1.55. The Morgan fingerprint density at radius 3 is 3.14 bits per heavy atom. The van der Waals surface area contributed by atoms with E-state index in [9.17, 15) is 4.79 Å². The lowest BCUT2D eigenvalue weighted by Crippen LogP contribution is -2.17. The lowest BCUT2D eigenvalue weighted by atomic mass is 10.1. The lowest BCUT2D eigenvalue weighted by Gasteiger charge is -2.04. The molecular formula is C9H9N3O2. The van der Waals surface area contributed by atoms with Gasteiger partial charge in [-0.2, -0.15) is 5.26 Å². The summed E-state index contributed by atoms with van der Waals surface area (Å²) >= 11 is 0. The number of nitriles is 1. The minimum atomic E-state index is -0.901. The van der Waals surface area contributed by atoms with Crippen molar-refractivity contribution in [3.8, 4) is 11.9 Å². The van der Waals surface area contributed by atoms with Crippen LogP contribution in [-0.4, -0.2) is 11.1 Å². The first-order valence-electron chi connectivity index (χ1n) is 4.02. The first kappa shape index (κ1) is 9.99.